The summed E-state index contributed by atoms with van der Waals surface area (Å²) < 4.78 is 1.34. The summed E-state index contributed by atoms with van der Waals surface area (Å²) in [6.07, 6.45) is 5.85. The average Bonchev–Trinajstić information content (AvgIpc) is 2.64. The van der Waals surface area contributed by atoms with Crippen LogP contribution in [0.15, 0.2) is 47.4 Å². The molecule has 0 bridgehead atoms. The maximum Gasteiger partial charge on any atom is 0.337 e. The molecule has 5 nitrogen and oxygen atoms in total. The summed E-state index contributed by atoms with van der Waals surface area (Å²) in [5.74, 6) is -1.06. The minimum atomic E-state index is -1.06. The number of carboxylic acids is 1. The molecule has 5 heteroatoms. The minimum Gasteiger partial charge on any atom is -0.478 e. The summed E-state index contributed by atoms with van der Waals surface area (Å²) in [5, 5.41) is 9.15. The van der Waals surface area contributed by atoms with Gasteiger partial charge in [0.1, 0.15) is 5.65 Å². The van der Waals surface area contributed by atoms with Crippen LogP contribution < -0.4 is 5.56 Å². The summed E-state index contributed by atoms with van der Waals surface area (Å²) in [5.41, 5.74) is 5.11. The minimum absolute atomic E-state index is 0.0765. The average molecular weight is 346 g/mol. The molecule has 0 saturated carbocycles. The van der Waals surface area contributed by atoms with Gasteiger partial charge in [0.25, 0.3) is 5.56 Å². The zero-order chi connectivity index (χ0) is 18.3. The number of fused-ring (bicyclic) bond motifs is 2. The molecule has 0 spiro atoms. The van der Waals surface area contributed by atoms with Crippen molar-refractivity contribution in [2.75, 3.05) is 0 Å². The molecule has 130 valence electrons. The van der Waals surface area contributed by atoms with Gasteiger partial charge in [0.05, 0.1) is 11.3 Å². The lowest BCUT2D eigenvalue weighted by atomic mass is 9.90. The molecule has 0 atom stereocenters. The number of aromatic nitrogens is 2. The molecule has 1 N–H and O–H groups in total. The van der Waals surface area contributed by atoms with Gasteiger partial charge in [0.15, 0.2) is 0 Å². The lowest BCUT2D eigenvalue weighted by Crippen LogP contribution is -2.25. The van der Waals surface area contributed by atoms with E-state index in [4.69, 9.17) is 5.11 Å². The van der Waals surface area contributed by atoms with E-state index in [1.807, 2.05) is 6.92 Å². The van der Waals surface area contributed by atoms with Crippen LogP contribution in [-0.4, -0.2) is 20.5 Å². The van der Waals surface area contributed by atoms with Crippen LogP contribution in [0.1, 0.15) is 45.6 Å². The number of carboxylic acid groups (broad SMARTS) is 1. The first-order valence-electron chi connectivity index (χ1n) is 8.59. The Morgan fingerprint density at radius 2 is 1.92 bits per heavy atom. The monoisotopic (exact) mass is 346 g/mol. The number of hydrogen-bond donors (Lipinski definition) is 1. The first-order chi connectivity index (χ1) is 12.5. The summed E-state index contributed by atoms with van der Waals surface area (Å²) >= 11 is 0. The highest BCUT2D eigenvalue weighted by atomic mass is 16.4. The summed E-state index contributed by atoms with van der Waals surface area (Å²) in [6, 6.07) is 11.3. The van der Waals surface area contributed by atoms with Crippen LogP contribution >= 0.6 is 0 Å². The molecule has 3 aromatic rings. The molecule has 0 fully saturated rings. The first kappa shape index (κ1) is 16.3. The van der Waals surface area contributed by atoms with Crippen molar-refractivity contribution in [3.8, 4) is 0 Å². The second kappa shape index (κ2) is 6.26. The molecule has 0 unspecified atom stereocenters. The SMILES string of the molecule is Cc1ccc(C=C2CCCc3c2nc2ccc(C(=O)O)cn2c3=O)cc1. The van der Waals surface area contributed by atoms with Gasteiger partial charge in [-0.05, 0) is 55.5 Å². The third-order valence-corrected chi connectivity index (χ3v) is 4.76. The second-order valence-corrected chi connectivity index (χ2v) is 6.63. The van der Waals surface area contributed by atoms with Gasteiger partial charge in [-0.25, -0.2) is 9.78 Å². The Hall–Kier alpha value is -3.21. The predicted octanol–water partition coefficient (Wildman–Crippen LogP) is 3.58. The Kier molecular flexibility index (Phi) is 3.92. The molecule has 0 radical (unpaired) electrons. The van der Waals surface area contributed by atoms with Crippen molar-refractivity contribution in [1.82, 2.24) is 9.38 Å². The quantitative estimate of drug-likeness (QED) is 0.770. The van der Waals surface area contributed by atoms with E-state index in [2.05, 4.69) is 35.3 Å². The van der Waals surface area contributed by atoms with Crippen molar-refractivity contribution in [3.05, 3.63) is 80.9 Å². The summed E-state index contributed by atoms with van der Waals surface area (Å²) in [7, 11) is 0. The molecular formula is C21H18N2O3. The molecule has 0 amide bonds. The zero-order valence-corrected chi connectivity index (χ0v) is 14.4. The van der Waals surface area contributed by atoms with E-state index in [-0.39, 0.29) is 11.1 Å². The maximum atomic E-state index is 12.9. The molecule has 1 aliphatic rings. The van der Waals surface area contributed by atoms with Crippen molar-refractivity contribution < 1.29 is 9.90 Å². The number of benzene rings is 1. The number of allylic oxidation sites excluding steroid dienone is 1. The molecule has 1 aliphatic carbocycles. The fourth-order valence-electron chi connectivity index (χ4n) is 3.37. The predicted molar refractivity (Wildman–Crippen MR) is 100 cm³/mol. The Morgan fingerprint density at radius 3 is 2.65 bits per heavy atom. The van der Waals surface area contributed by atoms with Crippen LogP contribution in [0.25, 0.3) is 17.3 Å². The van der Waals surface area contributed by atoms with Gasteiger partial charge in [0, 0.05) is 11.8 Å². The van der Waals surface area contributed by atoms with Gasteiger partial charge < -0.3 is 5.11 Å². The number of nitrogens with zero attached hydrogens (tertiary/aromatic N) is 2. The van der Waals surface area contributed by atoms with E-state index in [9.17, 15) is 9.59 Å². The van der Waals surface area contributed by atoms with Crippen LogP contribution in [0, 0.1) is 6.92 Å². The van der Waals surface area contributed by atoms with Crippen molar-refractivity contribution in [2.45, 2.75) is 26.2 Å². The van der Waals surface area contributed by atoms with Crippen molar-refractivity contribution in [2.24, 2.45) is 0 Å². The van der Waals surface area contributed by atoms with Crippen LogP contribution in [0.3, 0.4) is 0 Å². The van der Waals surface area contributed by atoms with Gasteiger partial charge in [-0.2, -0.15) is 0 Å². The molecule has 1 aromatic carbocycles. The van der Waals surface area contributed by atoms with Gasteiger partial charge in [-0.1, -0.05) is 29.8 Å². The Balaban J connectivity index is 1.89. The lowest BCUT2D eigenvalue weighted by molar-refractivity contribution is 0.0696. The van der Waals surface area contributed by atoms with Crippen LogP contribution in [0.4, 0.5) is 0 Å². The number of hydrogen-bond acceptors (Lipinski definition) is 3. The molecule has 2 aromatic heterocycles. The van der Waals surface area contributed by atoms with E-state index in [1.165, 1.54) is 22.2 Å². The van der Waals surface area contributed by atoms with Gasteiger partial charge in [0.2, 0.25) is 0 Å². The lowest BCUT2D eigenvalue weighted by Gasteiger charge is -2.18. The van der Waals surface area contributed by atoms with Crippen LogP contribution in [-0.2, 0) is 6.42 Å². The molecule has 2 heterocycles. The molecule has 4 rings (SSSR count). The van der Waals surface area contributed by atoms with E-state index >= 15 is 0 Å². The third kappa shape index (κ3) is 2.81. The summed E-state index contributed by atoms with van der Waals surface area (Å²) in [4.78, 5) is 28.7. The van der Waals surface area contributed by atoms with Crippen molar-refractivity contribution in [3.63, 3.8) is 0 Å². The standard InChI is InChI=1S/C21H18N2O3/c1-13-5-7-14(8-6-13)11-15-3-2-4-17-19(15)22-18-10-9-16(21(25)26)12-23(18)20(17)24/h5-12H,2-4H2,1H3,(H,25,26). The van der Waals surface area contributed by atoms with Crippen molar-refractivity contribution >= 4 is 23.3 Å². The topological polar surface area (TPSA) is 71.7 Å². The fourth-order valence-corrected chi connectivity index (χ4v) is 3.37. The first-order valence-corrected chi connectivity index (χ1v) is 8.59. The van der Waals surface area contributed by atoms with Gasteiger partial charge in [-0.15, -0.1) is 0 Å². The van der Waals surface area contributed by atoms with Crippen LogP contribution in [0.2, 0.25) is 0 Å². The van der Waals surface area contributed by atoms with Crippen LogP contribution in [0.5, 0.6) is 0 Å². The number of aromatic carboxylic acids is 1. The molecular weight excluding hydrogens is 328 g/mol. The van der Waals surface area contributed by atoms with E-state index in [1.54, 1.807) is 6.07 Å². The number of aryl methyl sites for hydroxylation is 1. The largest absolute Gasteiger partial charge is 0.478 e. The number of rotatable bonds is 2. The smallest absolute Gasteiger partial charge is 0.337 e. The highest BCUT2D eigenvalue weighted by Gasteiger charge is 2.21. The highest BCUT2D eigenvalue weighted by molar-refractivity contribution is 5.88. The molecule has 26 heavy (non-hydrogen) atoms. The van der Waals surface area contributed by atoms with Gasteiger partial charge >= 0.3 is 5.97 Å². The van der Waals surface area contributed by atoms with Crippen molar-refractivity contribution in [1.29, 1.82) is 0 Å². The highest BCUT2D eigenvalue weighted by Crippen LogP contribution is 2.29. The van der Waals surface area contributed by atoms with E-state index in [0.29, 0.717) is 17.6 Å². The second-order valence-electron chi connectivity index (χ2n) is 6.63. The Labute approximate surface area is 150 Å². The van der Waals surface area contributed by atoms with E-state index < -0.39 is 5.97 Å². The van der Waals surface area contributed by atoms with Gasteiger partial charge in [-0.3, -0.25) is 9.20 Å². The fraction of sp³-hybridized carbons (Fsp3) is 0.190. The molecule has 0 aliphatic heterocycles. The maximum absolute atomic E-state index is 12.9. The van der Waals surface area contributed by atoms with E-state index in [0.717, 1.165) is 29.7 Å². The Morgan fingerprint density at radius 1 is 1.15 bits per heavy atom. The Bertz CT molecular complexity index is 1110. The summed E-state index contributed by atoms with van der Waals surface area (Å²) in [6.45, 7) is 2.05. The molecule has 0 saturated heterocycles. The normalized spacial score (nSPS) is 15.2. The third-order valence-electron chi connectivity index (χ3n) is 4.76. The number of pyridine rings is 1. The number of carbonyl (C=O) groups is 1. The zero-order valence-electron chi connectivity index (χ0n) is 14.4.